The second kappa shape index (κ2) is 6.99. The van der Waals surface area contributed by atoms with Crippen molar-refractivity contribution in [1.82, 2.24) is 4.31 Å². The number of nitrogens with zero attached hydrogens (tertiary/aromatic N) is 1. The zero-order chi connectivity index (χ0) is 17.0. The first-order valence-corrected chi connectivity index (χ1v) is 8.47. The van der Waals surface area contributed by atoms with Crippen LogP contribution in [-0.4, -0.2) is 32.8 Å². The molecule has 0 aliphatic heterocycles. The van der Waals surface area contributed by atoms with Crippen LogP contribution in [-0.2, 0) is 10.0 Å². The first kappa shape index (κ1) is 17.3. The van der Waals surface area contributed by atoms with Crippen molar-refractivity contribution < 1.29 is 13.2 Å². The minimum Gasteiger partial charge on any atom is -0.308 e. The molecule has 0 saturated carbocycles. The molecule has 122 valence electrons. The van der Waals surface area contributed by atoms with Crippen molar-refractivity contribution in [2.24, 2.45) is 0 Å². The van der Waals surface area contributed by atoms with E-state index < -0.39 is 16.1 Å². The second-order valence-electron chi connectivity index (χ2n) is 4.90. The third-order valence-electron chi connectivity index (χ3n) is 2.99. The Morgan fingerprint density at radius 2 is 1.35 bits per heavy atom. The van der Waals surface area contributed by atoms with Crippen LogP contribution in [0.5, 0.6) is 0 Å². The molecule has 0 aliphatic rings. The molecule has 0 aromatic heterocycles. The topological polar surface area (TPSA) is 78.5 Å². The Morgan fingerprint density at radius 3 is 1.78 bits per heavy atom. The first-order chi connectivity index (χ1) is 10.8. The average Bonchev–Trinajstić information content (AvgIpc) is 2.50. The van der Waals surface area contributed by atoms with Crippen molar-refractivity contribution in [1.29, 1.82) is 0 Å². The minimum absolute atomic E-state index is 0.158. The SMILES string of the molecule is CN(C)S(=O)(=O)c1ccc(NC(=O)Nc2ccc(Cl)cc2)cc1. The maximum Gasteiger partial charge on any atom is 0.323 e. The van der Waals surface area contributed by atoms with E-state index in [1.807, 2.05) is 0 Å². The summed E-state index contributed by atoms with van der Waals surface area (Å²) in [4.78, 5) is 12.0. The molecule has 23 heavy (non-hydrogen) atoms. The molecule has 0 saturated heterocycles. The standard InChI is InChI=1S/C15H16ClN3O3S/c1-19(2)23(21,22)14-9-7-13(8-10-14)18-15(20)17-12-5-3-11(16)4-6-12/h3-10H,1-2H3,(H2,17,18,20). The molecule has 0 aliphatic carbocycles. The summed E-state index contributed by atoms with van der Waals surface area (Å²) in [6.45, 7) is 0. The van der Waals surface area contributed by atoms with Crippen LogP contribution in [0.15, 0.2) is 53.4 Å². The van der Waals surface area contributed by atoms with Gasteiger partial charge in [-0.15, -0.1) is 0 Å². The first-order valence-electron chi connectivity index (χ1n) is 6.65. The van der Waals surface area contributed by atoms with E-state index in [0.717, 1.165) is 4.31 Å². The molecule has 6 nitrogen and oxygen atoms in total. The summed E-state index contributed by atoms with van der Waals surface area (Å²) in [5.74, 6) is 0. The highest BCUT2D eigenvalue weighted by Gasteiger charge is 2.16. The van der Waals surface area contributed by atoms with E-state index in [4.69, 9.17) is 11.6 Å². The van der Waals surface area contributed by atoms with Crippen LogP contribution < -0.4 is 10.6 Å². The Morgan fingerprint density at radius 1 is 0.913 bits per heavy atom. The van der Waals surface area contributed by atoms with Gasteiger partial charge >= 0.3 is 6.03 Å². The predicted octanol–water partition coefficient (Wildman–Crippen LogP) is 3.23. The molecule has 2 aromatic rings. The lowest BCUT2D eigenvalue weighted by atomic mass is 10.3. The number of hydrogen-bond donors (Lipinski definition) is 2. The molecule has 0 bridgehead atoms. The summed E-state index contributed by atoms with van der Waals surface area (Å²) in [6, 6.07) is 12.2. The van der Waals surface area contributed by atoms with Gasteiger partial charge in [0.25, 0.3) is 0 Å². The van der Waals surface area contributed by atoms with Crippen molar-refractivity contribution in [2.45, 2.75) is 4.90 Å². The highest BCUT2D eigenvalue weighted by molar-refractivity contribution is 7.89. The average molecular weight is 354 g/mol. The minimum atomic E-state index is -3.48. The van der Waals surface area contributed by atoms with E-state index in [-0.39, 0.29) is 4.90 Å². The summed E-state index contributed by atoms with van der Waals surface area (Å²) in [6.07, 6.45) is 0. The lowest BCUT2D eigenvalue weighted by Gasteiger charge is -2.12. The normalized spacial score (nSPS) is 11.3. The van der Waals surface area contributed by atoms with Crippen molar-refractivity contribution in [3.63, 3.8) is 0 Å². The third kappa shape index (κ3) is 4.44. The fourth-order valence-corrected chi connectivity index (χ4v) is 2.78. The molecule has 2 N–H and O–H groups in total. The van der Waals surface area contributed by atoms with E-state index in [9.17, 15) is 13.2 Å². The quantitative estimate of drug-likeness (QED) is 0.885. The lowest BCUT2D eigenvalue weighted by molar-refractivity contribution is 0.262. The van der Waals surface area contributed by atoms with E-state index in [2.05, 4.69) is 10.6 Å². The summed E-state index contributed by atoms with van der Waals surface area (Å²) in [5.41, 5.74) is 1.08. The number of nitrogens with one attached hydrogen (secondary N) is 2. The van der Waals surface area contributed by atoms with Gasteiger partial charge in [-0.05, 0) is 48.5 Å². The van der Waals surface area contributed by atoms with Gasteiger partial charge in [0.05, 0.1) is 4.90 Å². The van der Waals surface area contributed by atoms with Gasteiger partial charge in [-0.1, -0.05) is 11.6 Å². The molecule has 0 atom stereocenters. The van der Waals surface area contributed by atoms with Gasteiger partial charge in [0.15, 0.2) is 0 Å². The number of amides is 2. The number of halogens is 1. The highest BCUT2D eigenvalue weighted by Crippen LogP contribution is 2.17. The number of carbonyl (C=O) groups is 1. The summed E-state index contributed by atoms with van der Waals surface area (Å²) >= 11 is 5.77. The fraction of sp³-hybridized carbons (Fsp3) is 0.133. The number of hydrogen-bond acceptors (Lipinski definition) is 3. The molecule has 0 spiro atoms. The molecule has 0 radical (unpaired) electrons. The molecule has 0 fully saturated rings. The van der Waals surface area contributed by atoms with Gasteiger partial charge in [-0.25, -0.2) is 17.5 Å². The van der Waals surface area contributed by atoms with Crippen LogP contribution >= 0.6 is 11.6 Å². The maximum absolute atomic E-state index is 11.9. The number of carbonyl (C=O) groups excluding carboxylic acids is 1. The number of benzene rings is 2. The molecule has 0 heterocycles. The van der Waals surface area contributed by atoms with Crippen LogP contribution in [0.1, 0.15) is 0 Å². The highest BCUT2D eigenvalue weighted by atomic mass is 35.5. The Bertz CT molecular complexity index is 788. The van der Waals surface area contributed by atoms with Crippen molar-refractivity contribution >= 4 is 39.0 Å². The van der Waals surface area contributed by atoms with Gasteiger partial charge < -0.3 is 10.6 Å². The van der Waals surface area contributed by atoms with Gasteiger partial charge in [-0.3, -0.25) is 0 Å². The summed E-state index contributed by atoms with van der Waals surface area (Å²) in [7, 11) is -0.563. The van der Waals surface area contributed by atoms with Gasteiger partial charge in [-0.2, -0.15) is 0 Å². The molecular formula is C15H16ClN3O3S. The molecule has 2 amide bonds. The van der Waals surface area contributed by atoms with E-state index in [1.54, 1.807) is 24.3 Å². The molecule has 0 unspecified atom stereocenters. The third-order valence-corrected chi connectivity index (χ3v) is 5.07. The number of anilines is 2. The summed E-state index contributed by atoms with van der Waals surface area (Å²) < 4.78 is 25.0. The van der Waals surface area contributed by atoms with Crippen LogP contribution in [0.3, 0.4) is 0 Å². The molecule has 2 aromatic carbocycles. The predicted molar refractivity (Wildman–Crippen MR) is 91.4 cm³/mol. The van der Waals surface area contributed by atoms with Crippen LogP contribution in [0.2, 0.25) is 5.02 Å². The second-order valence-corrected chi connectivity index (χ2v) is 7.49. The molecule has 8 heteroatoms. The van der Waals surface area contributed by atoms with E-state index >= 15 is 0 Å². The molecule has 2 rings (SSSR count). The number of rotatable bonds is 4. The van der Waals surface area contributed by atoms with Crippen LogP contribution in [0.4, 0.5) is 16.2 Å². The van der Waals surface area contributed by atoms with Crippen molar-refractivity contribution in [3.05, 3.63) is 53.6 Å². The monoisotopic (exact) mass is 353 g/mol. The van der Waals surface area contributed by atoms with Crippen molar-refractivity contribution in [2.75, 3.05) is 24.7 Å². The lowest BCUT2D eigenvalue weighted by Crippen LogP contribution is -2.22. The largest absolute Gasteiger partial charge is 0.323 e. The Kier molecular flexibility index (Phi) is 5.25. The Balaban J connectivity index is 2.03. The Hall–Kier alpha value is -2.09. The van der Waals surface area contributed by atoms with Gasteiger partial charge in [0, 0.05) is 30.5 Å². The smallest absolute Gasteiger partial charge is 0.308 e. The van der Waals surface area contributed by atoms with E-state index in [0.29, 0.717) is 16.4 Å². The van der Waals surface area contributed by atoms with Crippen molar-refractivity contribution in [3.8, 4) is 0 Å². The van der Waals surface area contributed by atoms with E-state index in [1.165, 1.54) is 38.4 Å². The summed E-state index contributed by atoms with van der Waals surface area (Å²) in [5, 5.41) is 5.84. The zero-order valence-electron chi connectivity index (χ0n) is 12.6. The zero-order valence-corrected chi connectivity index (χ0v) is 14.1. The van der Waals surface area contributed by atoms with Crippen LogP contribution in [0, 0.1) is 0 Å². The maximum atomic E-state index is 11.9. The number of sulfonamides is 1. The van der Waals surface area contributed by atoms with Gasteiger partial charge in [0.2, 0.25) is 10.0 Å². The Labute approximate surface area is 140 Å². The van der Waals surface area contributed by atoms with Crippen LogP contribution in [0.25, 0.3) is 0 Å². The fourth-order valence-electron chi connectivity index (χ4n) is 1.75. The molecular weight excluding hydrogens is 338 g/mol. The van der Waals surface area contributed by atoms with Gasteiger partial charge in [0.1, 0.15) is 0 Å². The number of urea groups is 1.